The van der Waals surface area contributed by atoms with E-state index in [0.717, 1.165) is 22.9 Å². The summed E-state index contributed by atoms with van der Waals surface area (Å²) in [7, 11) is 0. The summed E-state index contributed by atoms with van der Waals surface area (Å²) < 4.78 is 0. The predicted molar refractivity (Wildman–Crippen MR) is 96.7 cm³/mol. The highest BCUT2D eigenvalue weighted by Gasteiger charge is 2.07. The first-order valence-corrected chi connectivity index (χ1v) is 8.12. The first kappa shape index (κ1) is 16.9. The molecule has 1 aromatic carbocycles. The van der Waals surface area contributed by atoms with Crippen LogP contribution in [0.3, 0.4) is 0 Å². The van der Waals surface area contributed by atoms with E-state index >= 15 is 0 Å². The largest absolute Gasteiger partial charge is 0.356 e. The Bertz CT molecular complexity index is 879. The summed E-state index contributed by atoms with van der Waals surface area (Å²) in [6, 6.07) is 9.14. The maximum absolute atomic E-state index is 10.9. The van der Waals surface area contributed by atoms with E-state index in [1.807, 2.05) is 12.1 Å². The van der Waals surface area contributed by atoms with Crippen molar-refractivity contribution in [1.29, 1.82) is 0 Å². The second-order valence-electron chi connectivity index (χ2n) is 5.38. The number of amides is 1. The van der Waals surface area contributed by atoms with Crippen LogP contribution in [0.4, 0.5) is 11.6 Å². The molecule has 0 unspecified atom stereocenters. The van der Waals surface area contributed by atoms with Crippen molar-refractivity contribution in [2.45, 2.75) is 13.3 Å². The Labute approximate surface area is 149 Å². The Kier molecular flexibility index (Phi) is 5.25. The second-order valence-corrected chi connectivity index (χ2v) is 5.81. The molecule has 2 aromatic heterocycles. The molecule has 0 spiro atoms. The van der Waals surface area contributed by atoms with Crippen LogP contribution in [0.5, 0.6) is 0 Å². The standard InChI is InChI=1S/C17H17ClN6O/c1-11(25)19-8-6-16-21-10-15(23-16)14-5-7-20-17(24-14)22-13-4-2-3-12(18)9-13/h2-5,7,9-10H,6,8H2,1H3,(H,19,25)(H,21,23)(H,20,22,24). The van der Waals surface area contributed by atoms with Crippen molar-refractivity contribution in [3.8, 4) is 11.4 Å². The number of carbonyl (C=O) groups excluding carboxylic acids is 1. The maximum Gasteiger partial charge on any atom is 0.227 e. The van der Waals surface area contributed by atoms with Crippen LogP contribution in [0, 0.1) is 0 Å². The zero-order valence-corrected chi connectivity index (χ0v) is 14.3. The minimum Gasteiger partial charge on any atom is -0.356 e. The number of rotatable bonds is 6. The Morgan fingerprint density at radius 2 is 2.16 bits per heavy atom. The topological polar surface area (TPSA) is 95.6 Å². The molecule has 2 heterocycles. The summed E-state index contributed by atoms with van der Waals surface area (Å²) in [5.74, 6) is 1.19. The van der Waals surface area contributed by atoms with E-state index in [-0.39, 0.29) is 5.91 Å². The van der Waals surface area contributed by atoms with Crippen LogP contribution in [0.1, 0.15) is 12.7 Å². The molecular weight excluding hydrogens is 340 g/mol. The molecule has 0 fully saturated rings. The molecule has 0 saturated carbocycles. The number of H-pyrrole nitrogens is 1. The number of aromatic nitrogens is 4. The number of carbonyl (C=O) groups is 1. The van der Waals surface area contributed by atoms with Gasteiger partial charge >= 0.3 is 0 Å². The second kappa shape index (κ2) is 7.76. The third-order valence-corrected chi connectivity index (χ3v) is 3.61. The van der Waals surface area contributed by atoms with Crippen LogP contribution in [-0.2, 0) is 11.2 Å². The smallest absolute Gasteiger partial charge is 0.227 e. The molecule has 1 amide bonds. The molecule has 0 aliphatic rings. The van der Waals surface area contributed by atoms with Crippen molar-refractivity contribution >= 4 is 29.1 Å². The highest BCUT2D eigenvalue weighted by atomic mass is 35.5. The molecular formula is C17H17ClN6O. The molecule has 0 bridgehead atoms. The van der Waals surface area contributed by atoms with E-state index in [4.69, 9.17) is 11.6 Å². The number of hydrogen-bond acceptors (Lipinski definition) is 5. The van der Waals surface area contributed by atoms with Crippen molar-refractivity contribution in [3.63, 3.8) is 0 Å². The number of imidazole rings is 1. The summed E-state index contributed by atoms with van der Waals surface area (Å²) in [6.07, 6.45) is 4.01. The zero-order valence-electron chi connectivity index (χ0n) is 13.6. The van der Waals surface area contributed by atoms with Crippen molar-refractivity contribution in [2.24, 2.45) is 0 Å². The molecule has 0 atom stereocenters. The quantitative estimate of drug-likeness (QED) is 0.631. The van der Waals surface area contributed by atoms with Gasteiger partial charge in [-0.2, -0.15) is 0 Å². The predicted octanol–water partition coefficient (Wildman–Crippen LogP) is 2.94. The number of nitrogens with one attached hydrogen (secondary N) is 3. The fourth-order valence-electron chi connectivity index (χ4n) is 2.24. The Morgan fingerprint density at radius 3 is 2.96 bits per heavy atom. The fourth-order valence-corrected chi connectivity index (χ4v) is 2.43. The van der Waals surface area contributed by atoms with Gasteiger partial charge in [0.05, 0.1) is 17.6 Å². The molecule has 25 heavy (non-hydrogen) atoms. The maximum atomic E-state index is 10.9. The minimum absolute atomic E-state index is 0.0562. The third kappa shape index (κ3) is 4.77. The zero-order chi connectivity index (χ0) is 17.6. The number of hydrogen-bond donors (Lipinski definition) is 3. The minimum atomic E-state index is -0.0562. The van der Waals surface area contributed by atoms with Gasteiger partial charge in [0.25, 0.3) is 0 Å². The number of halogens is 1. The van der Waals surface area contributed by atoms with Crippen LogP contribution in [0.15, 0.2) is 42.7 Å². The first-order chi connectivity index (χ1) is 12.1. The first-order valence-electron chi connectivity index (χ1n) is 7.74. The van der Waals surface area contributed by atoms with Crippen molar-refractivity contribution in [3.05, 3.63) is 53.6 Å². The Morgan fingerprint density at radius 1 is 1.28 bits per heavy atom. The lowest BCUT2D eigenvalue weighted by molar-refractivity contribution is -0.118. The molecule has 128 valence electrons. The van der Waals surface area contributed by atoms with Gasteiger partial charge in [0.2, 0.25) is 11.9 Å². The van der Waals surface area contributed by atoms with Crippen molar-refractivity contribution in [1.82, 2.24) is 25.3 Å². The van der Waals surface area contributed by atoms with Gasteiger partial charge < -0.3 is 15.6 Å². The summed E-state index contributed by atoms with van der Waals surface area (Å²) in [5, 5.41) is 6.50. The van der Waals surface area contributed by atoms with Crippen molar-refractivity contribution in [2.75, 3.05) is 11.9 Å². The Balaban J connectivity index is 1.71. The van der Waals surface area contributed by atoms with E-state index in [1.54, 1.807) is 30.6 Å². The normalized spacial score (nSPS) is 10.5. The van der Waals surface area contributed by atoms with Crippen LogP contribution < -0.4 is 10.6 Å². The lowest BCUT2D eigenvalue weighted by Gasteiger charge is -2.06. The molecule has 7 nitrogen and oxygen atoms in total. The fraction of sp³-hybridized carbons (Fsp3) is 0.176. The number of anilines is 2. The van der Waals surface area contributed by atoms with Gasteiger partial charge in [0, 0.05) is 36.8 Å². The van der Waals surface area contributed by atoms with Gasteiger partial charge in [-0.05, 0) is 24.3 Å². The van der Waals surface area contributed by atoms with Gasteiger partial charge in [0.15, 0.2) is 0 Å². The lowest BCUT2D eigenvalue weighted by Crippen LogP contribution is -2.22. The monoisotopic (exact) mass is 356 g/mol. The molecule has 0 aliphatic carbocycles. The molecule has 0 aliphatic heterocycles. The highest BCUT2D eigenvalue weighted by molar-refractivity contribution is 6.30. The summed E-state index contributed by atoms with van der Waals surface area (Å²) >= 11 is 5.98. The highest BCUT2D eigenvalue weighted by Crippen LogP contribution is 2.20. The van der Waals surface area contributed by atoms with Gasteiger partial charge in [-0.3, -0.25) is 4.79 Å². The van der Waals surface area contributed by atoms with E-state index in [1.165, 1.54) is 6.92 Å². The molecule has 0 saturated heterocycles. The average Bonchev–Trinajstić information content (AvgIpc) is 3.04. The van der Waals surface area contributed by atoms with Crippen LogP contribution >= 0.6 is 11.6 Å². The van der Waals surface area contributed by atoms with Gasteiger partial charge in [-0.15, -0.1) is 0 Å². The molecule has 3 aromatic rings. The average molecular weight is 357 g/mol. The lowest BCUT2D eigenvalue weighted by atomic mass is 10.3. The van der Waals surface area contributed by atoms with E-state index in [0.29, 0.717) is 23.9 Å². The molecule has 0 radical (unpaired) electrons. The summed E-state index contributed by atoms with van der Waals surface area (Å²) in [6.45, 7) is 2.02. The SMILES string of the molecule is CC(=O)NCCc1ncc(-c2ccnc(Nc3cccc(Cl)c3)n2)[nH]1. The molecule has 8 heteroatoms. The van der Waals surface area contributed by atoms with Crippen LogP contribution in [-0.4, -0.2) is 32.4 Å². The van der Waals surface area contributed by atoms with E-state index < -0.39 is 0 Å². The summed E-state index contributed by atoms with van der Waals surface area (Å²) in [5.41, 5.74) is 2.32. The Hall–Kier alpha value is -2.93. The van der Waals surface area contributed by atoms with E-state index in [9.17, 15) is 4.79 Å². The number of nitrogens with zero attached hydrogens (tertiary/aromatic N) is 3. The number of benzene rings is 1. The van der Waals surface area contributed by atoms with Gasteiger partial charge in [-0.25, -0.2) is 15.0 Å². The summed E-state index contributed by atoms with van der Waals surface area (Å²) in [4.78, 5) is 27.1. The molecule has 3 N–H and O–H groups in total. The molecule has 3 rings (SSSR count). The van der Waals surface area contributed by atoms with Crippen LogP contribution in [0.25, 0.3) is 11.4 Å². The van der Waals surface area contributed by atoms with Crippen molar-refractivity contribution < 1.29 is 4.79 Å². The van der Waals surface area contributed by atoms with Crippen LogP contribution in [0.2, 0.25) is 5.02 Å². The van der Waals surface area contributed by atoms with E-state index in [2.05, 4.69) is 30.6 Å². The van der Waals surface area contributed by atoms with Gasteiger partial charge in [0.1, 0.15) is 5.82 Å². The third-order valence-electron chi connectivity index (χ3n) is 3.38. The number of aromatic amines is 1. The van der Waals surface area contributed by atoms with Gasteiger partial charge in [-0.1, -0.05) is 17.7 Å².